The van der Waals surface area contributed by atoms with E-state index >= 15 is 0 Å². The number of aliphatic hydroxyl groups is 1. The lowest BCUT2D eigenvalue weighted by atomic mass is 10.1. The highest BCUT2D eigenvalue weighted by atomic mass is 16.3. The summed E-state index contributed by atoms with van der Waals surface area (Å²) in [6.07, 6.45) is 0. The Morgan fingerprint density at radius 1 is 0.955 bits per heavy atom. The van der Waals surface area contributed by atoms with Crippen LogP contribution in [0.2, 0.25) is 0 Å². The van der Waals surface area contributed by atoms with Crippen LogP contribution in [0, 0.1) is 0 Å². The van der Waals surface area contributed by atoms with Crippen LogP contribution in [0.1, 0.15) is 31.0 Å². The first-order chi connectivity index (χ1) is 10.8. The Hall–Kier alpha value is -1.84. The lowest BCUT2D eigenvalue weighted by molar-refractivity contribution is 0.243. The summed E-state index contributed by atoms with van der Waals surface area (Å²) in [6.45, 7) is 7.24. The monoisotopic (exact) mass is 298 g/mol. The molecule has 1 unspecified atom stereocenters. The van der Waals surface area contributed by atoms with Gasteiger partial charge in [-0.05, 0) is 37.1 Å². The van der Waals surface area contributed by atoms with Crippen LogP contribution in [-0.2, 0) is 6.54 Å². The average Bonchev–Trinajstić information content (AvgIpc) is 2.59. The fraction of sp³-hybridized carbons (Fsp3) is 0.368. The summed E-state index contributed by atoms with van der Waals surface area (Å²) in [6, 6.07) is 18.7. The summed E-state index contributed by atoms with van der Waals surface area (Å²) in [5, 5.41) is 13.0. The maximum absolute atomic E-state index is 9.57. The van der Waals surface area contributed by atoms with Crippen LogP contribution in [0.4, 0.5) is 5.69 Å². The van der Waals surface area contributed by atoms with Gasteiger partial charge in [-0.2, -0.15) is 0 Å². The Labute approximate surface area is 133 Å². The number of nitrogens with one attached hydrogen (secondary N) is 1. The Bertz CT molecular complexity index is 535. The molecule has 0 amide bonds. The third kappa shape index (κ3) is 4.33. The topological polar surface area (TPSA) is 35.5 Å². The Morgan fingerprint density at radius 3 is 2.14 bits per heavy atom. The van der Waals surface area contributed by atoms with Crippen molar-refractivity contribution in [1.29, 1.82) is 0 Å². The van der Waals surface area contributed by atoms with Gasteiger partial charge >= 0.3 is 0 Å². The summed E-state index contributed by atoms with van der Waals surface area (Å²) in [5.41, 5.74) is 3.60. The van der Waals surface area contributed by atoms with Crippen molar-refractivity contribution >= 4 is 5.69 Å². The van der Waals surface area contributed by atoms with Crippen molar-refractivity contribution < 1.29 is 5.11 Å². The van der Waals surface area contributed by atoms with E-state index in [0.717, 1.165) is 25.2 Å². The molecule has 2 N–H and O–H groups in total. The fourth-order valence-corrected chi connectivity index (χ4v) is 2.63. The Balaban J connectivity index is 1.96. The molecule has 1 atom stereocenters. The van der Waals surface area contributed by atoms with Gasteiger partial charge in [-0.25, -0.2) is 0 Å². The summed E-state index contributed by atoms with van der Waals surface area (Å²) in [5.74, 6) is 0. The van der Waals surface area contributed by atoms with Gasteiger partial charge in [-0.15, -0.1) is 0 Å². The molecule has 0 aromatic heterocycles. The average molecular weight is 298 g/mol. The van der Waals surface area contributed by atoms with Gasteiger partial charge in [0.15, 0.2) is 0 Å². The minimum absolute atomic E-state index is 0.0244. The van der Waals surface area contributed by atoms with Crippen LogP contribution < -0.4 is 10.2 Å². The van der Waals surface area contributed by atoms with Gasteiger partial charge < -0.3 is 15.3 Å². The third-order valence-corrected chi connectivity index (χ3v) is 4.00. The standard InChI is InChI=1S/C19H26N2O/c1-3-21(4-2)18-12-10-16(11-13-18)14-20-19(15-22)17-8-6-5-7-9-17/h5-13,19-20,22H,3-4,14-15H2,1-2H3. The molecule has 0 radical (unpaired) electrons. The zero-order chi connectivity index (χ0) is 15.8. The van der Waals surface area contributed by atoms with E-state index in [0.29, 0.717) is 0 Å². The molecule has 0 saturated heterocycles. The van der Waals surface area contributed by atoms with E-state index in [2.05, 4.69) is 48.3 Å². The van der Waals surface area contributed by atoms with E-state index in [1.165, 1.54) is 11.3 Å². The molecule has 22 heavy (non-hydrogen) atoms. The first-order valence-electron chi connectivity index (χ1n) is 8.01. The molecule has 118 valence electrons. The predicted molar refractivity (Wildman–Crippen MR) is 93.1 cm³/mol. The smallest absolute Gasteiger partial charge is 0.0626 e. The van der Waals surface area contributed by atoms with Crippen molar-refractivity contribution in [3.05, 3.63) is 65.7 Å². The van der Waals surface area contributed by atoms with Gasteiger partial charge in [-0.3, -0.25) is 0 Å². The first-order valence-corrected chi connectivity index (χ1v) is 8.01. The molecule has 3 heteroatoms. The van der Waals surface area contributed by atoms with Crippen molar-refractivity contribution in [2.75, 3.05) is 24.6 Å². The van der Waals surface area contributed by atoms with Crippen LogP contribution in [0.15, 0.2) is 54.6 Å². The van der Waals surface area contributed by atoms with Gasteiger partial charge in [0.05, 0.1) is 12.6 Å². The van der Waals surface area contributed by atoms with E-state index in [-0.39, 0.29) is 12.6 Å². The van der Waals surface area contributed by atoms with E-state index in [4.69, 9.17) is 0 Å². The summed E-state index contributed by atoms with van der Waals surface area (Å²) < 4.78 is 0. The Kier molecular flexibility index (Phi) is 6.44. The van der Waals surface area contributed by atoms with E-state index < -0.39 is 0 Å². The highest BCUT2D eigenvalue weighted by molar-refractivity contribution is 5.47. The van der Waals surface area contributed by atoms with Crippen LogP contribution in [0.3, 0.4) is 0 Å². The fourth-order valence-electron chi connectivity index (χ4n) is 2.63. The second-order valence-electron chi connectivity index (χ2n) is 5.37. The lowest BCUT2D eigenvalue weighted by Crippen LogP contribution is -2.24. The second-order valence-corrected chi connectivity index (χ2v) is 5.37. The number of aliphatic hydroxyl groups excluding tert-OH is 1. The van der Waals surface area contributed by atoms with Crippen molar-refractivity contribution in [2.45, 2.75) is 26.4 Å². The minimum atomic E-state index is -0.0244. The van der Waals surface area contributed by atoms with E-state index in [9.17, 15) is 5.11 Å². The van der Waals surface area contributed by atoms with Gasteiger partial charge in [0.25, 0.3) is 0 Å². The molecule has 0 aliphatic rings. The van der Waals surface area contributed by atoms with Crippen molar-refractivity contribution in [2.24, 2.45) is 0 Å². The molecule has 2 aromatic rings. The van der Waals surface area contributed by atoms with Crippen molar-refractivity contribution in [1.82, 2.24) is 5.32 Å². The molecule has 3 nitrogen and oxygen atoms in total. The molecule has 0 heterocycles. The van der Waals surface area contributed by atoms with Gasteiger partial charge in [0.1, 0.15) is 0 Å². The Morgan fingerprint density at radius 2 is 1.59 bits per heavy atom. The third-order valence-electron chi connectivity index (χ3n) is 4.00. The van der Waals surface area contributed by atoms with Crippen LogP contribution in [0.5, 0.6) is 0 Å². The van der Waals surface area contributed by atoms with Crippen LogP contribution in [0.25, 0.3) is 0 Å². The van der Waals surface area contributed by atoms with Crippen molar-refractivity contribution in [3.63, 3.8) is 0 Å². The highest BCUT2D eigenvalue weighted by Crippen LogP contribution is 2.16. The number of rotatable bonds is 8. The van der Waals surface area contributed by atoms with Gasteiger partial charge in [0, 0.05) is 25.3 Å². The first kappa shape index (κ1) is 16.5. The molecule has 0 aliphatic carbocycles. The summed E-state index contributed by atoms with van der Waals surface area (Å²) in [7, 11) is 0. The molecular weight excluding hydrogens is 272 g/mol. The molecule has 0 aliphatic heterocycles. The zero-order valence-electron chi connectivity index (χ0n) is 13.5. The molecule has 0 fully saturated rings. The molecule has 0 bridgehead atoms. The van der Waals surface area contributed by atoms with Crippen LogP contribution >= 0.6 is 0 Å². The number of anilines is 1. The number of nitrogens with zero attached hydrogens (tertiary/aromatic N) is 1. The minimum Gasteiger partial charge on any atom is -0.394 e. The number of benzene rings is 2. The van der Waals surface area contributed by atoms with Gasteiger partial charge in [-0.1, -0.05) is 42.5 Å². The second kappa shape index (κ2) is 8.57. The molecule has 0 saturated carbocycles. The molecule has 2 rings (SSSR count). The number of hydrogen-bond donors (Lipinski definition) is 2. The summed E-state index contributed by atoms with van der Waals surface area (Å²) >= 11 is 0. The van der Waals surface area contributed by atoms with Crippen molar-refractivity contribution in [3.8, 4) is 0 Å². The largest absolute Gasteiger partial charge is 0.394 e. The maximum Gasteiger partial charge on any atom is 0.0626 e. The molecule has 0 spiro atoms. The van der Waals surface area contributed by atoms with E-state index in [1.54, 1.807) is 0 Å². The van der Waals surface area contributed by atoms with E-state index in [1.807, 2.05) is 30.3 Å². The zero-order valence-corrected chi connectivity index (χ0v) is 13.5. The lowest BCUT2D eigenvalue weighted by Gasteiger charge is -2.21. The summed E-state index contributed by atoms with van der Waals surface area (Å²) in [4.78, 5) is 2.33. The SMILES string of the molecule is CCN(CC)c1ccc(CNC(CO)c2ccccc2)cc1. The highest BCUT2D eigenvalue weighted by Gasteiger charge is 2.09. The quantitative estimate of drug-likeness (QED) is 0.784. The van der Waals surface area contributed by atoms with Gasteiger partial charge in [0.2, 0.25) is 0 Å². The number of hydrogen-bond acceptors (Lipinski definition) is 3. The normalized spacial score (nSPS) is 12.1. The van der Waals surface area contributed by atoms with Crippen LogP contribution in [-0.4, -0.2) is 24.8 Å². The molecule has 2 aromatic carbocycles. The molecular formula is C19H26N2O. The maximum atomic E-state index is 9.57. The predicted octanol–water partition coefficient (Wildman–Crippen LogP) is 3.36.